The van der Waals surface area contributed by atoms with Crippen LogP contribution in [0.5, 0.6) is 0 Å². The molecule has 0 saturated heterocycles. The first-order valence-electron chi connectivity index (χ1n) is 9.99. The maximum atomic E-state index is 5.65. The lowest BCUT2D eigenvalue weighted by Gasteiger charge is -2.11. The molecule has 0 radical (unpaired) electrons. The number of thiophene rings is 1. The van der Waals surface area contributed by atoms with Crippen LogP contribution in [0.15, 0.2) is 57.5 Å². The number of aryl methyl sites for hydroxylation is 2. The maximum absolute atomic E-state index is 5.65. The Balaban J connectivity index is 1.44. The van der Waals surface area contributed by atoms with Gasteiger partial charge in [-0.2, -0.15) is 0 Å². The molecule has 160 valence electrons. The number of hydrogen-bond acceptors (Lipinski definition) is 6. The Bertz CT molecular complexity index is 1140. The largest absolute Gasteiger partial charge is 0.444 e. The highest BCUT2D eigenvalue weighted by atomic mass is 32.1. The lowest BCUT2D eigenvalue weighted by molar-refractivity contribution is 0.572. The number of hydrogen-bond donors (Lipinski definition) is 2. The molecule has 0 spiro atoms. The third kappa shape index (κ3) is 5.37. The van der Waals surface area contributed by atoms with Crippen molar-refractivity contribution in [1.29, 1.82) is 0 Å². The standard InChI is InChI=1S/C22H25N7OS/c1-15-6-8-17(9-7-15)21-26-18(14-30-21)11-23-22(24-12-19-5-4-10-31-19)25-13-20-28-27-16(2)29(20)3/h4-10,14H,11-13H2,1-3H3,(H2,23,24,25). The highest BCUT2D eigenvalue weighted by molar-refractivity contribution is 7.09. The van der Waals surface area contributed by atoms with Crippen LogP contribution in [-0.4, -0.2) is 25.7 Å². The molecule has 9 heteroatoms. The summed E-state index contributed by atoms with van der Waals surface area (Å²) in [5, 5.41) is 17.1. The molecular weight excluding hydrogens is 410 g/mol. The zero-order chi connectivity index (χ0) is 21.6. The van der Waals surface area contributed by atoms with E-state index in [9.17, 15) is 0 Å². The average molecular weight is 436 g/mol. The van der Waals surface area contributed by atoms with Crippen molar-refractivity contribution in [2.75, 3.05) is 0 Å². The summed E-state index contributed by atoms with van der Waals surface area (Å²) in [5.74, 6) is 2.98. The molecule has 2 N–H and O–H groups in total. The van der Waals surface area contributed by atoms with Crippen LogP contribution in [-0.2, 0) is 26.7 Å². The second kappa shape index (κ2) is 9.57. The fourth-order valence-electron chi connectivity index (χ4n) is 2.89. The van der Waals surface area contributed by atoms with Gasteiger partial charge in [0.15, 0.2) is 11.8 Å². The number of nitrogens with zero attached hydrogens (tertiary/aromatic N) is 5. The van der Waals surface area contributed by atoms with E-state index in [4.69, 9.17) is 4.42 Å². The van der Waals surface area contributed by atoms with Gasteiger partial charge in [-0.15, -0.1) is 21.5 Å². The molecular formula is C22H25N7OS. The Morgan fingerprint density at radius 2 is 1.90 bits per heavy atom. The Morgan fingerprint density at radius 1 is 1.10 bits per heavy atom. The zero-order valence-corrected chi connectivity index (χ0v) is 18.6. The van der Waals surface area contributed by atoms with Gasteiger partial charge in [0, 0.05) is 17.5 Å². The van der Waals surface area contributed by atoms with Crippen LogP contribution in [0.25, 0.3) is 11.5 Å². The molecule has 0 aliphatic carbocycles. The quantitative estimate of drug-likeness (QED) is 0.340. The highest BCUT2D eigenvalue weighted by Gasteiger charge is 2.09. The van der Waals surface area contributed by atoms with E-state index in [-0.39, 0.29) is 0 Å². The van der Waals surface area contributed by atoms with Crippen molar-refractivity contribution in [2.24, 2.45) is 12.0 Å². The topological polar surface area (TPSA) is 93.2 Å². The summed E-state index contributed by atoms with van der Waals surface area (Å²) in [6.07, 6.45) is 1.65. The Morgan fingerprint density at radius 3 is 2.61 bits per heavy atom. The SMILES string of the molecule is Cc1ccc(-c2nc(CN=C(NCc3cccs3)NCc3nnc(C)n3C)co2)cc1. The molecule has 0 atom stereocenters. The van der Waals surface area contributed by atoms with Gasteiger partial charge in [-0.1, -0.05) is 23.8 Å². The molecule has 0 fully saturated rings. The van der Waals surface area contributed by atoms with Crippen molar-refractivity contribution >= 4 is 17.3 Å². The highest BCUT2D eigenvalue weighted by Crippen LogP contribution is 2.19. The fourth-order valence-corrected chi connectivity index (χ4v) is 3.54. The van der Waals surface area contributed by atoms with Crippen LogP contribution in [0.4, 0.5) is 0 Å². The van der Waals surface area contributed by atoms with E-state index in [2.05, 4.69) is 49.2 Å². The summed E-state index contributed by atoms with van der Waals surface area (Å²) in [4.78, 5) is 10.5. The van der Waals surface area contributed by atoms with Gasteiger partial charge in [-0.25, -0.2) is 9.98 Å². The number of oxazole rings is 1. The van der Waals surface area contributed by atoms with Gasteiger partial charge in [0.1, 0.15) is 17.8 Å². The lowest BCUT2D eigenvalue weighted by atomic mass is 10.1. The summed E-state index contributed by atoms with van der Waals surface area (Å²) >= 11 is 1.70. The van der Waals surface area contributed by atoms with Crippen molar-refractivity contribution in [3.63, 3.8) is 0 Å². The molecule has 8 nitrogen and oxygen atoms in total. The molecule has 31 heavy (non-hydrogen) atoms. The van der Waals surface area contributed by atoms with E-state index in [0.717, 1.165) is 22.9 Å². The van der Waals surface area contributed by atoms with Gasteiger partial charge in [-0.05, 0) is 37.4 Å². The number of rotatable bonds is 7. The second-order valence-electron chi connectivity index (χ2n) is 7.18. The first kappa shape index (κ1) is 20.8. The number of aliphatic imine (C=N–C) groups is 1. The van der Waals surface area contributed by atoms with E-state index in [0.29, 0.717) is 31.5 Å². The smallest absolute Gasteiger partial charge is 0.226 e. The number of guanidine groups is 1. The number of nitrogens with one attached hydrogen (secondary N) is 2. The Hall–Kier alpha value is -3.46. The van der Waals surface area contributed by atoms with E-state index >= 15 is 0 Å². The molecule has 0 amide bonds. The molecule has 0 aliphatic rings. The van der Waals surface area contributed by atoms with Crippen LogP contribution >= 0.6 is 11.3 Å². The summed E-state index contributed by atoms with van der Waals surface area (Å²) in [6, 6.07) is 12.2. The monoisotopic (exact) mass is 435 g/mol. The Kier molecular flexibility index (Phi) is 6.42. The van der Waals surface area contributed by atoms with Gasteiger partial charge in [0.05, 0.1) is 19.6 Å². The van der Waals surface area contributed by atoms with Crippen LogP contribution in [0.1, 0.15) is 27.8 Å². The molecule has 0 bridgehead atoms. The lowest BCUT2D eigenvalue weighted by Crippen LogP contribution is -2.37. The number of benzene rings is 1. The van der Waals surface area contributed by atoms with Crippen LogP contribution in [0.3, 0.4) is 0 Å². The van der Waals surface area contributed by atoms with Gasteiger partial charge in [-0.3, -0.25) is 0 Å². The van der Waals surface area contributed by atoms with Gasteiger partial charge in [0.25, 0.3) is 0 Å². The van der Waals surface area contributed by atoms with Crippen LogP contribution in [0.2, 0.25) is 0 Å². The van der Waals surface area contributed by atoms with Gasteiger partial charge >= 0.3 is 0 Å². The molecule has 3 heterocycles. The molecule has 0 aliphatic heterocycles. The fraction of sp³-hybridized carbons (Fsp3) is 0.273. The van der Waals surface area contributed by atoms with Crippen LogP contribution < -0.4 is 10.6 Å². The first-order valence-corrected chi connectivity index (χ1v) is 10.9. The molecule has 1 aromatic carbocycles. The summed E-state index contributed by atoms with van der Waals surface area (Å²) in [6.45, 7) is 5.58. The molecule has 3 aromatic heterocycles. The van der Waals surface area contributed by atoms with E-state index in [1.807, 2.05) is 48.9 Å². The molecule has 4 aromatic rings. The third-order valence-corrected chi connectivity index (χ3v) is 5.73. The van der Waals surface area contributed by atoms with Crippen molar-refractivity contribution in [2.45, 2.75) is 33.5 Å². The zero-order valence-electron chi connectivity index (χ0n) is 17.8. The van der Waals surface area contributed by atoms with Crippen molar-refractivity contribution in [3.8, 4) is 11.5 Å². The minimum absolute atomic E-state index is 0.396. The maximum Gasteiger partial charge on any atom is 0.226 e. The van der Waals surface area contributed by atoms with Gasteiger partial charge in [0.2, 0.25) is 5.89 Å². The molecule has 0 saturated carbocycles. The summed E-state index contributed by atoms with van der Waals surface area (Å²) < 4.78 is 7.60. The van der Waals surface area contributed by atoms with Crippen molar-refractivity contribution < 1.29 is 4.42 Å². The summed E-state index contributed by atoms with van der Waals surface area (Å²) in [5.41, 5.74) is 2.92. The third-order valence-electron chi connectivity index (χ3n) is 4.86. The van der Waals surface area contributed by atoms with E-state index in [1.54, 1.807) is 17.6 Å². The second-order valence-corrected chi connectivity index (χ2v) is 8.22. The normalized spacial score (nSPS) is 11.6. The first-order chi connectivity index (χ1) is 15.1. The minimum Gasteiger partial charge on any atom is -0.444 e. The van der Waals surface area contributed by atoms with Crippen molar-refractivity contribution in [3.05, 3.63) is 75.8 Å². The predicted molar refractivity (Wildman–Crippen MR) is 122 cm³/mol. The Labute approximate surface area is 185 Å². The van der Waals surface area contributed by atoms with E-state index in [1.165, 1.54) is 10.4 Å². The predicted octanol–water partition coefficient (Wildman–Crippen LogP) is 3.58. The minimum atomic E-state index is 0.396. The van der Waals surface area contributed by atoms with Gasteiger partial charge < -0.3 is 19.6 Å². The van der Waals surface area contributed by atoms with Crippen LogP contribution in [0, 0.1) is 13.8 Å². The molecule has 4 rings (SSSR count). The molecule has 0 unspecified atom stereocenters. The van der Waals surface area contributed by atoms with E-state index < -0.39 is 0 Å². The average Bonchev–Trinajstić information content (AvgIpc) is 3.52. The van der Waals surface area contributed by atoms with Crippen molar-refractivity contribution in [1.82, 2.24) is 30.4 Å². The number of aromatic nitrogens is 4. The summed E-state index contributed by atoms with van der Waals surface area (Å²) in [7, 11) is 1.95.